The molecule has 0 spiro atoms. The second-order valence-corrected chi connectivity index (χ2v) is 7.73. The molecular weight excluding hydrogens is 356 g/mol. The fourth-order valence-corrected chi connectivity index (χ4v) is 4.27. The van der Waals surface area contributed by atoms with E-state index >= 15 is 0 Å². The predicted octanol–water partition coefficient (Wildman–Crippen LogP) is 3.25. The number of nitrogens with zero attached hydrogens (tertiary/aromatic N) is 2. The van der Waals surface area contributed by atoms with Crippen LogP contribution in [0, 0.1) is 17.8 Å². The Hall–Kier alpha value is -3.09. The second-order valence-electron chi connectivity index (χ2n) is 7.73. The highest BCUT2D eigenvalue weighted by molar-refractivity contribution is 6.04. The fourth-order valence-electron chi connectivity index (χ4n) is 4.27. The number of hydrogen-bond acceptors (Lipinski definition) is 4. The quantitative estimate of drug-likeness (QED) is 0.540. The molecule has 2 heterocycles. The molecule has 146 valence electrons. The molecule has 0 fully saturated rings. The Morgan fingerprint density at radius 3 is 2.71 bits per heavy atom. The third-order valence-corrected chi connectivity index (χ3v) is 5.65. The topological polar surface area (TPSA) is 92.2 Å². The van der Waals surface area contributed by atoms with Gasteiger partial charge in [0.15, 0.2) is 0 Å². The molecule has 3 atom stereocenters. The van der Waals surface area contributed by atoms with Gasteiger partial charge in [0.1, 0.15) is 11.3 Å². The molecule has 0 bridgehead atoms. The normalized spacial score (nSPS) is 22.9. The zero-order chi connectivity index (χ0) is 20.0. The van der Waals surface area contributed by atoms with Crippen LogP contribution in [0.25, 0.3) is 21.9 Å². The SMILES string of the molecule is COc1ccc2c(c1)[nH]c1c(=O)n(/N=C\[C@H]3[C@@H](C)C=C(C)C[C@@H]3C)c(=O)[nH]c12. The van der Waals surface area contributed by atoms with Gasteiger partial charge in [0.25, 0.3) is 0 Å². The first-order valence-electron chi connectivity index (χ1n) is 9.45. The predicted molar refractivity (Wildman–Crippen MR) is 111 cm³/mol. The Bertz CT molecular complexity index is 1230. The van der Waals surface area contributed by atoms with Crippen molar-refractivity contribution in [1.82, 2.24) is 14.6 Å². The summed E-state index contributed by atoms with van der Waals surface area (Å²) >= 11 is 0. The molecule has 1 aliphatic carbocycles. The maximum absolute atomic E-state index is 12.9. The minimum Gasteiger partial charge on any atom is -0.497 e. The van der Waals surface area contributed by atoms with Crippen molar-refractivity contribution in [3.8, 4) is 5.75 Å². The van der Waals surface area contributed by atoms with Crippen molar-refractivity contribution >= 4 is 28.2 Å². The average Bonchev–Trinajstić information content (AvgIpc) is 3.01. The zero-order valence-corrected chi connectivity index (χ0v) is 16.4. The van der Waals surface area contributed by atoms with Crippen LogP contribution in [0.15, 0.2) is 44.5 Å². The lowest BCUT2D eigenvalue weighted by molar-refractivity contribution is 0.361. The molecular formula is C21H24N4O3. The van der Waals surface area contributed by atoms with Crippen molar-refractivity contribution in [2.45, 2.75) is 27.2 Å². The lowest BCUT2D eigenvalue weighted by Crippen LogP contribution is -2.33. The Morgan fingerprint density at radius 1 is 1.21 bits per heavy atom. The number of hydrogen-bond donors (Lipinski definition) is 2. The molecule has 2 N–H and O–H groups in total. The summed E-state index contributed by atoms with van der Waals surface area (Å²) in [5, 5.41) is 5.03. The van der Waals surface area contributed by atoms with E-state index in [1.807, 2.05) is 6.07 Å². The van der Waals surface area contributed by atoms with E-state index in [0.29, 0.717) is 28.6 Å². The zero-order valence-electron chi connectivity index (χ0n) is 16.4. The first-order valence-corrected chi connectivity index (χ1v) is 9.45. The molecule has 0 saturated heterocycles. The van der Waals surface area contributed by atoms with Crippen molar-refractivity contribution < 1.29 is 4.74 Å². The number of aromatic amines is 2. The van der Waals surface area contributed by atoms with Crippen molar-refractivity contribution in [3.63, 3.8) is 0 Å². The molecule has 2 aromatic heterocycles. The number of ether oxygens (including phenoxy) is 1. The molecule has 3 aromatic rings. The van der Waals surface area contributed by atoms with E-state index < -0.39 is 11.2 Å². The van der Waals surface area contributed by atoms with Gasteiger partial charge in [-0.3, -0.25) is 4.79 Å². The molecule has 4 rings (SSSR count). The summed E-state index contributed by atoms with van der Waals surface area (Å²) in [7, 11) is 1.58. The molecule has 0 unspecified atom stereocenters. The van der Waals surface area contributed by atoms with Crippen molar-refractivity contribution in [2.75, 3.05) is 7.11 Å². The van der Waals surface area contributed by atoms with E-state index in [4.69, 9.17) is 4.74 Å². The lowest BCUT2D eigenvalue weighted by atomic mass is 9.76. The molecule has 0 aliphatic heterocycles. The van der Waals surface area contributed by atoms with Crippen LogP contribution in [-0.2, 0) is 0 Å². The van der Waals surface area contributed by atoms with Crippen molar-refractivity contribution in [3.05, 3.63) is 50.7 Å². The van der Waals surface area contributed by atoms with E-state index in [1.165, 1.54) is 5.57 Å². The number of fused-ring (bicyclic) bond motifs is 3. The largest absolute Gasteiger partial charge is 0.497 e. The molecule has 0 radical (unpaired) electrons. The highest BCUT2D eigenvalue weighted by atomic mass is 16.5. The summed E-state index contributed by atoms with van der Waals surface area (Å²) in [6.07, 6.45) is 4.97. The maximum Gasteiger partial charge on any atom is 0.350 e. The van der Waals surface area contributed by atoms with Gasteiger partial charge >= 0.3 is 11.2 Å². The van der Waals surface area contributed by atoms with Crippen LogP contribution < -0.4 is 16.0 Å². The molecule has 28 heavy (non-hydrogen) atoms. The monoisotopic (exact) mass is 380 g/mol. The number of aromatic nitrogens is 3. The third kappa shape index (κ3) is 2.96. The van der Waals surface area contributed by atoms with Crippen LogP contribution >= 0.6 is 0 Å². The number of benzene rings is 1. The number of methoxy groups -OCH3 is 1. The highest BCUT2D eigenvalue weighted by Crippen LogP contribution is 2.32. The van der Waals surface area contributed by atoms with Crippen molar-refractivity contribution in [2.24, 2.45) is 22.9 Å². The van der Waals surface area contributed by atoms with Crippen molar-refractivity contribution in [1.29, 1.82) is 0 Å². The summed E-state index contributed by atoms with van der Waals surface area (Å²) < 4.78 is 6.13. The summed E-state index contributed by atoms with van der Waals surface area (Å²) in [6.45, 7) is 6.44. The minimum absolute atomic E-state index is 0.178. The van der Waals surface area contributed by atoms with E-state index in [9.17, 15) is 9.59 Å². The fraction of sp³-hybridized carbons (Fsp3) is 0.381. The van der Waals surface area contributed by atoms with E-state index in [1.54, 1.807) is 25.5 Å². The molecule has 7 heteroatoms. The van der Waals surface area contributed by atoms with Gasteiger partial charge in [-0.15, -0.1) is 4.68 Å². The first-order chi connectivity index (χ1) is 13.4. The van der Waals surface area contributed by atoms with Crippen LogP contribution in [0.5, 0.6) is 5.75 Å². The Balaban J connectivity index is 1.81. The summed E-state index contributed by atoms with van der Waals surface area (Å²) in [5.74, 6) is 1.57. The number of H-pyrrole nitrogens is 2. The molecule has 1 aliphatic rings. The van der Waals surface area contributed by atoms with Gasteiger partial charge < -0.3 is 14.7 Å². The molecule has 0 saturated carbocycles. The molecule has 0 amide bonds. The maximum atomic E-state index is 12.9. The summed E-state index contributed by atoms with van der Waals surface area (Å²) in [4.78, 5) is 31.3. The van der Waals surface area contributed by atoms with E-state index in [-0.39, 0.29) is 5.92 Å². The number of allylic oxidation sites excluding steroid dienone is 2. The Kier molecular flexibility index (Phi) is 4.45. The molecule has 1 aromatic carbocycles. The van der Waals surface area contributed by atoms with Gasteiger partial charge in [-0.25, -0.2) is 4.79 Å². The summed E-state index contributed by atoms with van der Waals surface area (Å²) in [6, 6.07) is 5.40. The smallest absolute Gasteiger partial charge is 0.350 e. The lowest BCUT2D eigenvalue weighted by Gasteiger charge is -2.29. The van der Waals surface area contributed by atoms with Gasteiger partial charge in [0.05, 0.1) is 18.1 Å². The van der Waals surface area contributed by atoms with Crippen LogP contribution in [0.2, 0.25) is 0 Å². The van der Waals surface area contributed by atoms with E-state index in [0.717, 1.165) is 22.0 Å². The van der Waals surface area contributed by atoms with Crippen LogP contribution in [0.3, 0.4) is 0 Å². The Labute approximate surface area is 161 Å². The highest BCUT2D eigenvalue weighted by Gasteiger charge is 2.25. The van der Waals surface area contributed by atoms with Crippen LogP contribution in [-0.4, -0.2) is 28.0 Å². The van der Waals surface area contributed by atoms with Gasteiger partial charge in [0, 0.05) is 23.6 Å². The third-order valence-electron chi connectivity index (χ3n) is 5.65. The number of nitrogens with one attached hydrogen (secondary N) is 2. The van der Waals surface area contributed by atoms with Crippen LogP contribution in [0.1, 0.15) is 27.2 Å². The second kappa shape index (κ2) is 6.82. The minimum atomic E-state index is -0.548. The van der Waals surface area contributed by atoms with Gasteiger partial charge in [-0.1, -0.05) is 25.5 Å². The van der Waals surface area contributed by atoms with Crippen LogP contribution in [0.4, 0.5) is 0 Å². The van der Waals surface area contributed by atoms with Gasteiger partial charge in [-0.2, -0.15) is 5.10 Å². The Morgan fingerprint density at radius 2 is 2.00 bits per heavy atom. The standard InChI is InChI=1S/C21H24N4O3/c1-11-7-12(2)16(13(3)8-11)10-22-25-20(26)19-18(24-21(25)27)15-6-5-14(28-4)9-17(15)23-19/h5-7,9-10,12-13,16,23H,8H2,1-4H3,(H,24,27)/b22-10-/t12-,13-,16-/m0/s1. The van der Waals surface area contributed by atoms with Gasteiger partial charge in [-0.05, 0) is 37.3 Å². The van der Waals surface area contributed by atoms with E-state index in [2.05, 4.69) is 41.9 Å². The van der Waals surface area contributed by atoms with Gasteiger partial charge in [0.2, 0.25) is 0 Å². The molecule has 7 nitrogen and oxygen atoms in total. The number of rotatable bonds is 3. The first kappa shape index (κ1) is 18.3. The summed E-state index contributed by atoms with van der Waals surface area (Å²) in [5.41, 5.74) is 1.88. The average molecular weight is 380 g/mol.